The van der Waals surface area contributed by atoms with Crippen molar-refractivity contribution in [3.63, 3.8) is 0 Å². The number of ether oxygens (including phenoxy) is 1. The first-order valence-electron chi connectivity index (χ1n) is 9.50. The number of amides is 1. The highest BCUT2D eigenvalue weighted by Crippen LogP contribution is 2.27. The van der Waals surface area contributed by atoms with E-state index in [2.05, 4.69) is 15.5 Å². The summed E-state index contributed by atoms with van der Waals surface area (Å²) in [5.74, 6) is 2.07. The largest absolute Gasteiger partial charge is 0.497 e. The maximum Gasteiger partial charge on any atom is 0.234 e. The molecule has 0 spiro atoms. The summed E-state index contributed by atoms with van der Waals surface area (Å²) in [6.45, 7) is 0.426. The van der Waals surface area contributed by atoms with Gasteiger partial charge in [-0.15, -0.1) is 10.2 Å². The summed E-state index contributed by atoms with van der Waals surface area (Å²) >= 11 is 13.3. The molecule has 164 valence electrons. The molecule has 7 nitrogen and oxygen atoms in total. The van der Waals surface area contributed by atoms with Gasteiger partial charge in [0.25, 0.3) is 0 Å². The number of carbonyl (C=O) groups excluding carboxylic acids is 1. The van der Waals surface area contributed by atoms with E-state index >= 15 is 0 Å². The van der Waals surface area contributed by atoms with E-state index in [4.69, 9.17) is 32.4 Å². The number of nitrogens with one attached hydrogen (secondary N) is 1. The molecular formula is C22H18Cl2N4O3S. The van der Waals surface area contributed by atoms with E-state index in [1.807, 2.05) is 41.0 Å². The Balaban J connectivity index is 1.53. The second-order valence-corrected chi connectivity index (χ2v) is 8.51. The molecule has 2 aromatic heterocycles. The van der Waals surface area contributed by atoms with Gasteiger partial charge in [-0.3, -0.25) is 9.36 Å². The van der Waals surface area contributed by atoms with Crippen LogP contribution in [-0.4, -0.2) is 33.5 Å². The summed E-state index contributed by atoms with van der Waals surface area (Å²) in [4.78, 5) is 12.5. The molecule has 2 aromatic carbocycles. The van der Waals surface area contributed by atoms with E-state index < -0.39 is 0 Å². The highest BCUT2D eigenvalue weighted by molar-refractivity contribution is 7.99. The van der Waals surface area contributed by atoms with Crippen molar-refractivity contribution in [1.29, 1.82) is 0 Å². The average molecular weight is 489 g/mol. The molecule has 0 unspecified atom stereocenters. The third-order valence-electron chi connectivity index (χ3n) is 4.44. The Kier molecular flexibility index (Phi) is 7.04. The van der Waals surface area contributed by atoms with E-state index in [0.29, 0.717) is 33.3 Å². The summed E-state index contributed by atoms with van der Waals surface area (Å²) in [6, 6.07) is 16.1. The van der Waals surface area contributed by atoms with Crippen LogP contribution in [0.1, 0.15) is 5.76 Å². The van der Waals surface area contributed by atoms with Crippen LogP contribution < -0.4 is 10.1 Å². The molecule has 0 aliphatic heterocycles. The smallest absolute Gasteiger partial charge is 0.234 e. The van der Waals surface area contributed by atoms with E-state index in [0.717, 1.165) is 17.1 Å². The summed E-state index contributed by atoms with van der Waals surface area (Å²) in [7, 11) is 1.62. The molecule has 0 aliphatic rings. The van der Waals surface area contributed by atoms with Gasteiger partial charge in [-0.1, -0.05) is 35.0 Å². The zero-order valence-electron chi connectivity index (χ0n) is 16.9. The molecule has 10 heteroatoms. The molecule has 0 bridgehead atoms. The van der Waals surface area contributed by atoms with Crippen LogP contribution in [0.4, 0.5) is 5.69 Å². The second kappa shape index (κ2) is 10.1. The predicted octanol–water partition coefficient (Wildman–Crippen LogP) is 5.63. The fraction of sp³-hybridized carbons (Fsp3) is 0.136. The number of hydrogen-bond donors (Lipinski definition) is 1. The van der Waals surface area contributed by atoms with Gasteiger partial charge in [-0.25, -0.2) is 0 Å². The van der Waals surface area contributed by atoms with Crippen molar-refractivity contribution in [3.8, 4) is 17.1 Å². The minimum Gasteiger partial charge on any atom is -0.497 e. The van der Waals surface area contributed by atoms with Gasteiger partial charge in [0.05, 0.1) is 25.7 Å². The third kappa shape index (κ3) is 5.45. The summed E-state index contributed by atoms with van der Waals surface area (Å²) < 4.78 is 12.6. The highest BCUT2D eigenvalue weighted by atomic mass is 35.5. The van der Waals surface area contributed by atoms with Crippen LogP contribution in [0.15, 0.2) is 70.4 Å². The third-order valence-corrected chi connectivity index (χ3v) is 5.84. The lowest BCUT2D eigenvalue weighted by Gasteiger charge is -2.10. The van der Waals surface area contributed by atoms with Gasteiger partial charge in [-0.2, -0.15) is 0 Å². The molecule has 1 amide bonds. The number of halogens is 2. The number of furan rings is 1. The van der Waals surface area contributed by atoms with Gasteiger partial charge < -0.3 is 14.5 Å². The maximum absolute atomic E-state index is 12.5. The number of nitrogens with zero attached hydrogens (tertiary/aromatic N) is 3. The lowest BCUT2D eigenvalue weighted by Crippen LogP contribution is -2.14. The Morgan fingerprint density at radius 1 is 1.12 bits per heavy atom. The normalized spacial score (nSPS) is 10.8. The number of benzene rings is 2. The second-order valence-electron chi connectivity index (χ2n) is 6.70. The number of methoxy groups -OCH3 is 1. The van der Waals surface area contributed by atoms with Gasteiger partial charge in [0, 0.05) is 21.3 Å². The van der Waals surface area contributed by atoms with E-state index in [1.165, 1.54) is 11.8 Å². The topological polar surface area (TPSA) is 82.2 Å². The van der Waals surface area contributed by atoms with Crippen molar-refractivity contribution in [2.45, 2.75) is 11.7 Å². The Morgan fingerprint density at radius 2 is 1.88 bits per heavy atom. The molecule has 2 heterocycles. The van der Waals surface area contributed by atoms with E-state index in [9.17, 15) is 4.79 Å². The predicted molar refractivity (Wildman–Crippen MR) is 126 cm³/mol. The average Bonchev–Trinajstić information content (AvgIpc) is 3.42. The van der Waals surface area contributed by atoms with Crippen LogP contribution in [-0.2, 0) is 11.3 Å². The van der Waals surface area contributed by atoms with Crippen LogP contribution >= 0.6 is 35.0 Å². The number of thioether (sulfide) groups is 1. The Hall–Kier alpha value is -2.94. The molecule has 0 saturated carbocycles. The van der Waals surface area contributed by atoms with Crippen LogP contribution in [0.25, 0.3) is 11.4 Å². The molecule has 0 fully saturated rings. The fourth-order valence-electron chi connectivity index (χ4n) is 3.00. The maximum atomic E-state index is 12.5. The fourth-order valence-corrected chi connectivity index (χ4v) is 4.27. The Bertz CT molecular complexity index is 1190. The number of carbonyl (C=O) groups is 1. The van der Waals surface area contributed by atoms with Gasteiger partial charge in [0.2, 0.25) is 5.91 Å². The van der Waals surface area contributed by atoms with Crippen molar-refractivity contribution in [2.24, 2.45) is 0 Å². The van der Waals surface area contributed by atoms with Gasteiger partial charge in [-0.05, 0) is 54.6 Å². The minimum absolute atomic E-state index is 0.128. The summed E-state index contributed by atoms with van der Waals surface area (Å²) in [5, 5.41) is 12.9. The Morgan fingerprint density at radius 3 is 2.53 bits per heavy atom. The molecule has 1 N–H and O–H groups in total. The van der Waals surface area contributed by atoms with Crippen molar-refractivity contribution >= 4 is 46.6 Å². The lowest BCUT2D eigenvalue weighted by molar-refractivity contribution is -0.113. The van der Waals surface area contributed by atoms with E-state index in [1.54, 1.807) is 31.6 Å². The van der Waals surface area contributed by atoms with E-state index in [-0.39, 0.29) is 11.7 Å². The van der Waals surface area contributed by atoms with Crippen LogP contribution in [0.3, 0.4) is 0 Å². The Labute approximate surface area is 198 Å². The zero-order valence-corrected chi connectivity index (χ0v) is 19.2. The monoisotopic (exact) mass is 488 g/mol. The molecule has 0 radical (unpaired) electrons. The van der Waals surface area contributed by atoms with Crippen LogP contribution in [0.2, 0.25) is 10.0 Å². The lowest BCUT2D eigenvalue weighted by atomic mass is 10.2. The molecule has 4 rings (SSSR count). The van der Waals surface area contributed by atoms with Gasteiger partial charge in [0.15, 0.2) is 11.0 Å². The molecule has 0 aliphatic carbocycles. The number of hydrogen-bond acceptors (Lipinski definition) is 6. The van der Waals surface area contributed by atoms with Crippen LogP contribution in [0, 0.1) is 0 Å². The van der Waals surface area contributed by atoms with Gasteiger partial charge >= 0.3 is 0 Å². The standard InChI is InChI=1S/C22H18Cl2N4O3S/c1-30-18-6-4-14(5-7-18)21-26-27-22(28(21)12-19-3-2-8-31-19)32-13-20(29)25-17-10-15(23)9-16(24)11-17/h2-11H,12-13H2,1H3,(H,25,29). The number of rotatable bonds is 8. The molecule has 0 atom stereocenters. The first-order chi connectivity index (χ1) is 15.5. The van der Waals surface area contributed by atoms with Crippen molar-refractivity contribution in [1.82, 2.24) is 14.8 Å². The number of aromatic nitrogens is 3. The first kappa shape index (κ1) is 22.3. The molecule has 32 heavy (non-hydrogen) atoms. The van der Waals surface area contributed by atoms with Crippen molar-refractivity contribution in [3.05, 3.63) is 76.7 Å². The first-order valence-corrected chi connectivity index (χ1v) is 11.2. The highest BCUT2D eigenvalue weighted by Gasteiger charge is 2.17. The van der Waals surface area contributed by atoms with Crippen LogP contribution in [0.5, 0.6) is 5.75 Å². The summed E-state index contributed by atoms with van der Waals surface area (Å²) in [5.41, 5.74) is 1.40. The zero-order chi connectivity index (χ0) is 22.5. The minimum atomic E-state index is -0.216. The van der Waals surface area contributed by atoms with Crippen molar-refractivity contribution < 1.29 is 13.9 Å². The van der Waals surface area contributed by atoms with Gasteiger partial charge in [0.1, 0.15) is 11.5 Å². The van der Waals surface area contributed by atoms with Crippen molar-refractivity contribution in [2.75, 3.05) is 18.2 Å². The molecule has 0 saturated heterocycles. The number of anilines is 1. The quantitative estimate of drug-likeness (QED) is 0.323. The molecular weight excluding hydrogens is 471 g/mol. The molecule has 4 aromatic rings. The SMILES string of the molecule is COc1ccc(-c2nnc(SCC(=O)Nc3cc(Cl)cc(Cl)c3)n2Cc2ccco2)cc1. The summed E-state index contributed by atoms with van der Waals surface area (Å²) in [6.07, 6.45) is 1.61.